The zero-order valence-corrected chi connectivity index (χ0v) is 15.7. The minimum Gasteiger partial charge on any atom is -0.462 e. The molecule has 0 saturated carbocycles. The number of ether oxygens (including phenoxy) is 1. The number of rotatable bonds is 4. The molecule has 1 aliphatic heterocycles. The van der Waals surface area contributed by atoms with E-state index in [1.807, 2.05) is 4.90 Å². The highest BCUT2D eigenvalue weighted by Gasteiger charge is 2.25. The second kappa shape index (κ2) is 8.56. The maximum absolute atomic E-state index is 12.6. The van der Waals surface area contributed by atoms with E-state index in [1.54, 1.807) is 48.5 Å². The van der Waals surface area contributed by atoms with Gasteiger partial charge >= 0.3 is 5.97 Å². The summed E-state index contributed by atoms with van der Waals surface area (Å²) in [6.07, 6.45) is 1.82. The smallest absolute Gasteiger partial charge is 0.338 e. The van der Waals surface area contributed by atoms with Crippen molar-refractivity contribution in [2.24, 2.45) is 5.92 Å². The van der Waals surface area contributed by atoms with E-state index in [4.69, 9.17) is 27.9 Å². The van der Waals surface area contributed by atoms with Gasteiger partial charge in [0.1, 0.15) is 0 Å². The third-order valence-corrected chi connectivity index (χ3v) is 4.93. The predicted molar refractivity (Wildman–Crippen MR) is 102 cm³/mol. The van der Waals surface area contributed by atoms with Crippen LogP contribution in [-0.4, -0.2) is 36.5 Å². The molecule has 1 atom stereocenters. The molecule has 0 spiro atoms. The maximum Gasteiger partial charge on any atom is 0.338 e. The number of hydrogen-bond acceptors (Lipinski definition) is 3. The van der Waals surface area contributed by atoms with E-state index in [0.717, 1.165) is 12.8 Å². The number of carbonyl (C=O) groups is 2. The van der Waals surface area contributed by atoms with Crippen LogP contribution < -0.4 is 0 Å². The first-order valence-corrected chi connectivity index (χ1v) is 9.26. The summed E-state index contributed by atoms with van der Waals surface area (Å²) in [4.78, 5) is 26.5. The lowest BCUT2D eigenvalue weighted by atomic mass is 9.98. The minimum atomic E-state index is -0.372. The molecule has 6 heteroatoms. The number of likely N-dealkylation sites (tertiary alicyclic amines) is 1. The summed E-state index contributed by atoms with van der Waals surface area (Å²) in [5.41, 5.74) is 1.09. The van der Waals surface area contributed by atoms with Crippen molar-refractivity contribution in [3.8, 4) is 0 Å². The van der Waals surface area contributed by atoms with Crippen molar-refractivity contribution in [1.29, 1.82) is 0 Å². The van der Waals surface area contributed by atoms with Gasteiger partial charge in [-0.05, 0) is 61.4 Å². The molecule has 0 N–H and O–H groups in total. The molecule has 26 heavy (non-hydrogen) atoms. The number of piperidine rings is 1. The summed E-state index contributed by atoms with van der Waals surface area (Å²) < 4.78 is 5.42. The third-order valence-electron chi connectivity index (χ3n) is 4.43. The van der Waals surface area contributed by atoms with Gasteiger partial charge in [-0.3, -0.25) is 4.79 Å². The lowest BCUT2D eigenvalue weighted by Gasteiger charge is -2.32. The summed E-state index contributed by atoms with van der Waals surface area (Å²) >= 11 is 11.7. The van der Waals surface area contributed by atoms with Crippen molar-refractivity contribution >= 4 is 35.1 Å². The van der Waals surface area contributed by atoms with E-state index in [9.17, 15) is 9.59 Å². The van der Waals surface area contributed by atoms with E-state index in [-0.39, 0.29) is 17.8 Å². The van der Waals surface area contributed by atoms with Gasteiger partial charge in [0.25, 0.3) is 5.91 Å². The van der Waals surface area contributed by atoms with Crippen molar-refractivity contribution < 1.29 is 14.3 Å². The Hall–Kier alpha value is -2.04. The van der Waals surface area contributed by atoms with Crippen LogP contribution in [0.25, 0.3) is 0 Å². The molecule has 0 bridgehead atoms. The lowest BCUT2D eigenvalue weighted by molar-refractivity contribution is 0.0342. The number of amides is 1. The third kappa shape index (κ3) is 4.77. The maximum atomic E-state index is 12.6. The highest BCUT2D eigenvalue weighted by molar-refractivity contribution is 6.31. The van der Waals surface area contributed by atoms with Crippen LogP contribution in [0.3, 0.4) is 0 Å². The van der Waals surface area contributed by atoms with Crippen LogP contribution in [0.5, 0.6) is 0 Å². The number of halogens is 2. The largest absolute Gasteiger partial charge is 0.462 e. The van der Waals surface area contributed by atoms with E-state index in [2.05, 4.69) is 0 Å². The quantitative estimate of drug-likeness (QED) is 0.709. The Bertz CT molecular complexity index is 775. The fourth-order valence-electron chi connectivity index (χ4n) is 3.02. The average Bonchev–Trinajstić information content (AvgIpc) is 2.67. The van der Waals surface area contributed by atoms with Crippen molar-refractivity contribution in [3.63, 3.8) is 0 Å². The van der Waals surface area contributed by atoms with Gasteiger partial charge in [-0.25, -0.2) is 4.79 Å². The molecule has 0 radical (unpaired) electrons. The molecule has 2 aromatic carbocycles. The number of hydrogen-bond donors (Lipinski definition) is 0. The molecule has 1 saturated heterocycles. The first kappa shape index (κ1) is 18.7. The summed E-state index contributed by atoms with van der Waals surface area (Å²) in [5, 5.41) is 1.18. The van der Waals surface area contributed by atoms with Crippen LogP contribution in [0.1, 0.15) is 33.6 Å². The van der Waals surface area contributed by atoms with Gasteiger partial charge in [0.2, 0.25) is 0 Å². The Labute approximate surface area is 162 Å². The lowest BCUT2D eigenvalue weighted by Crippen LogP contribution is -2.41. The van der Waals surface area contributed by atoms with E-state index in [0.29, 0.717) is 40.9 Å². The fourth-order valence-corrected chi connectivity index (χ4v) is 3.28. The second-order valence-corrected chi connectivity index (χ2v) is 7.24. The fraction of sp³-hybridized carbons (Fsp3) is 0.300. The van der Waals surface area contributed by atoms with Gasteiger partial charge in [-0.1, -0.05) is 23.2 Å². The normalized spacial score (nSPS) is 17.0. The topological polar surface area (TPSA) is 46.6 Å². The Kier molecular flexibility index (Phi) is 6.17. The summed E-state index contributed by atoms with van der Waals surface area (Å²) in [7, 11) is 0. The standard InChI is InChI=1S/C20H19Cl2NO3/c21-17-7-3-15(4-8-17)19(24)23-11-1-2-14(12-23)13-26-20(25)16-5-9-18(22)10-6-16/h3-10,14H,1-2,11-13H2. The van der Waals surface area contributed by atoms with E-state index >= 15 is 0 Å². The molecule has 4 nitrogen and oxygen atoms in total. The van der Waals surface area contributed by atoms with Crippen molar-refractivity contribution in [3.05, 3.63) is 69.7 Å². The number of benzene rings is 2. The van der Waals surface area contributed by atoms with Crippen LogP contribution in [0.2, 0.25) is 10.0 Å². The molecule has 136 valence electrons. The van der Waals surface area contributed by atoms with Crippen molar-refractivity contribution in [2.45, 2.75) is 12.8 Å². The molecule has 1 unspecified atom stereocenters. The number of carbonyl (C=O) groups excluding carboxylic acids is 2. The highest BCUT2D eigenvalue weighted by Crippen LogP contribution is 2.20. The van der Waals surface area contributed by atoms with E-state index in [1.165, 1.54) is 0 Å². The van der Waals surface area contributed by atoms with Crippen LogP contribution in [0.4, 0.5) is 0 Å². The molecular formula is C20H19Cl2NO3. The zero-order valence-electron chi connectivity index (χ0n) is 14.2. The summed E-state index contributed by atoms with van der Waals surface area (Å²) in [5.74, 6) is -0.255. The molecule has 0 aromatic heterocycles. The SMILES string of the molecule is O=C(OCC1CCCN(C(=O)c2ccc(Cl)cc2)C1)c1ccc(Cl)cc1. The van der Waals surface area contributed by atoms with Gasteiger partial charge in [0.05, 0.1) is 12.2 Å². The molecular weight excluding hydrogens is 373 g/mol. The van der Waals surface area contributed by atoms with Crippen molar-refractivity contribution in [1.82, 2.24) is 4.90 Å². The van der Waals surface area contributed by atoms with Gasteiger partial charge in [0.15, 0.2) is 0 Å². The molecule has 3 rings (SSSR count). The minimum absolute atomic E-state index is 0.0182. The molecule has 1 amide bonds. The van der Waals surface area contributed by atoms with Gasteiger partial charge in [0, 0.05) is 34.6 Å². The molecule has 2 aromatic rings. The Balaban J connectivity index is 1.55. The molecule has 1 aliphatic rings. The predicted octanol–water partition coefficient (Wildman–Crippen LogP) is 4.70. The Morgan fingerprint density at radius 3 is 2.15 bits per heavy atom. The van der Waals surface area contributed by atoms with Gasteiger partial charge in [-0.2, -0.15) is 0 Å². The van der Waals surface area contributed by atoms with Gasteiger partial charge < -0.3 is 9.64 Å². The number of nitrogens with zero attached hydrogens (tertiary/aromatic N) is 1. The Morgan fingerprint density at radius 1 is 0.962 bits per heavy atom. The average molecular weight is 392 g/mol. The first-order valence-electron chi connectivity index (χ1n) is 8.50. The van der Waals surface area contributed by atoms with Crippen molar-refractivity contribution in [2.75, 3.05) is 19.7 Å². The molecule has 0 aliphatic carbocycles. The van der Waals surface area contributed by atoms with Gasteiger partial charge in [-0.15, -0.1) is 0 Å². The molecule has 1 heterocycles. The zero-order chi connectivity index (χ0) is 18.5. The van der Waals surface area contributed by atoms with Crippen LogP contribution in [-0.2, 0) is 4.74 Å². The Morgan fingerprint density at radius 2 is 1.54 bits per heavy atom. The first-order chi connectivity index (χ1) is 12.5. The second-order valence-electron chi connectivity index (χ2n) is 6.37. The highest BCUT2D eigenvalue weighted by atomic mass is 35.5. The van der Waals surface area contributed by atoms with E-state index < -0.39 is 0 Å². The van der Waals surface area contributed by atoms with Crippen LogP contribution in [0.15, 0.2) is 48.5 Å². The number of esters is 1. The van der Waals surface area contributed by atoms with Crippen LogP contribution in [0, 0.1) is 5.92 Å². The molecule has 1 fully saturated rings. The monoisotopic (exact) mass is 391 g/mol. The van der Waals surface area contributed by atoms with Crippen LogP contribution >= 0.6 is 23.2 Å². The summed E-state index contributed by atoms with van der Waals surface area (Å²) in [6.45, 7) is 1.59. The summed E-state index contributed by atoms with van der Waals surface area (Å²) in [6, 6.07) is 13.5.